The molecule has 0 aliphatic rings. The molecule has 1 amide bonds. The number of rotatable bonds is 5. The molecule has 2 aromatic carbocycles. The molecule has 4 aromatic rings. The van der Waals surface area contributed by atoms with Crippen LogP contribution in [0, 0.1) is 0 Å². The minimum atomic E-state index is -0.142. The van der Waals surface area contributed by atoms with Gasteiger partial charge in [0.2, 0.25) is 0 Å². The molecule has 0 radical (unpaired) electrons. The average Bonchev–Trinajstić information content (AvgIpc) is 3.25. The molecular formula is C23H20N2O2. The second-order valence-corrected chi connectivity index (χ2v) is 6.38. The number of hydrogen-bond acceptors (Lipinski definition) is 3. The van der Waals surface area contributed by atoms with Crippen molar-refractivity contribution in [3.8, 4) is 11.3 Å². The zero-order valence-corrected chi connectivity index (χ0v) is 15.1. The number of amides is 1. The lowest BCUT2D eigenvalue weighted by Crippen LogP contribution is -2.23. The van der Waals surface area contributed by atoms with Gasteiger partial charge in [-0.25, -0.2) is 4.98 Å². The molecule has 27 heavy (non-hydrogen) atoms. The minimum absolute atomic E-state index is 0.142. The monoisotopic (exact) mass is 356 g/mol. The molecule has 4 rings (SSSR count). The molecule has 0 atom stereocenters. The van der Waals surface area contributed by atoms with Crippen LogP contribution in [0.5, 0.6) is 0 Å². The van der Waals surface area contributed by atoms with E-state index in [1.54, 1.807) is 12.3 Å². The van der Waals surface area contributed by atoms with Crippen LogP contribution in [0.15, 0.2) is 77.4 Å². The molecule has 0 saturated heterocycles. The average molecular weight is 356 g/mol. The Balaban J connectivity index is 1.72. The third-order valence-electron chi connectivity index (χ3n) is 4.62. The third-order valence-corrected chi connectivity index (χ3v) is 4.62. The first-order chi connectivity index (χ1) is 13.2. The fraction of sp³-hybridized carbons (Fsp3) is 0.130. The fourth-order valence-corrected chi connectivity index (χ4v) is 3.10. The normalized spacial score (nSPS) is 10.9. The van der Waals surface area contributed by atoms with E-state index in [9.17, 15) is 4.79 Å². The lowest BCUT2D eigenvalue weighted by molar-refractivity contribution is 0.0949. The molecule has 0 aliphatic carbocycles. The Morgan fingerprint density at radius 1 is 1.04 bits per heavy atom. The highest BCUT2D eigenvalue weighted by atomic mass is 16.3. The van der Waals surface area contributed by atoms with Crippen LogP contribution in [-0.2, 0) is 13.0 Å². The van der Waals surface area contributed by atoms with E-state index in [4.69, 9.17) is 9.40 Å². The summed E-state index contributed by atoms with van der Waals surface area (Å²) in [6.45, 7) is 2.48. The predicted molar refractivity (Wildman–Crippen MR) is 106 cm³/mol. The highest BCUT2D eigenvalue weighted by Crippen LogP contribution is 2.25. The van der Waals surface area contributed by atoms with Crippen LogP contribution in [-0.4, -0.2) is 10.9 Å². The van der Waals surface area contributed by atoms with Gasteiger partial charge >= 0.3 is 0 Å². The van der Waals surface area contributed by atoms with Gasteiger partial charge in [-0.05, 0) is 36.2 Å². The third kappa shape index (κ3) is 3.60. The van der Waals surface area contributed by atoms with Crippen molar-refractivity contribution in [2.75, 3.05) is 0 Å². The second kappa shape index (κ2) is 7.46. The second-order valence-electron chi connectivity index (χ2n) is 6.38. The van der Waals surface area contributed by atoms with Crippen molar-refractivity contribution in [2.24, 2.45) is 0 Å². The number of carbonyl (C=O) groups excluding carboxylic acids is 1. The van der Waals surface area contributed by atoms with Crippen LogP contribution < -0.4 is 5.32 Å². The van der Waals surface area contributed by atoms with Crippen LogP contribution in [0.3, 0.4) is 0 Å². The molecular weight excluding hydrogens is 336 g/mol. The van der Waals surface area contributed by atoms with Gasteiger partial charge in [-0.15, -0.1) is 0 Å². The van der Waals surface area contributed by atoms with Gasteiger partial charge < -0.3 is 9.73 Å². The molecule has 0 aliphatic heterocycles. The van der Waals surface area contributed by atoms with Crippen molar-refractivity contribution < 1.29 is 9.21 Å². The van der Waals surface area contributed by atoms with Gasteiger partial charge in [0.05, 0.1) is 29.6 Å². The number of nitrogens with zero attached hydrogens (tertiary/aromatic N) is 1. The first kappa shape index (κ1) is 17.0. The number of para-hydroxylation sites is 1. The summed E-state index contributed by atoms with van der Waals surface area (Å²) in [6, 6.07) is 21.5. The van der Waals surface area contributed by atoms with E-state index in [0.717, 1.165) is 34.3 Å². The first-order valence-electron chi connectivity index (χ1n) is 9.04. The van der Waals surface area contributed by atoms with E-state index in [2.05, 4.69) is 36.5 Å². The van der Waals surface area contributed by atoms with Crippen LogP contribution in [0.25, 0.3) is 22.2 Å². The largest absolute Gasteiger partial charge is 0.467 e. The topological polar surface area (TPSA) is 55.1 Å². The van der Waals surface area contributed by atoms with Crippen molar-refractivity contribution in [1.29, 1.82) is 0 Å². The molecule has 2 aromatic heterocycles. The van der Waals surface area contributed by atoms with E-state index < -0.39 is 0 Å². The maximum atomic E-state index is 12.9. The SMILES string of the molecule is CCc1ccc(-c2cc(C(=O)NCc3ccco3)c3ccccc3n2)cc1. The molecule has 0 fully saturated rings. The lowest BCUT2D eigenvalue weighted by atomic mass is 10.0. The van der Waals surface area contributed by atoms with E-state index in [-0.39, 0.29) is 5.91 Å². The maximum Gasteiger partial charge on any atom is 0.252 e. The summed E-state index contributed by atoms with van der Waals surface area (Å²) in [5.41, 5.74) is 4.48. The highest BCUT2D eigenvalue weighted by molar-refractivity contribution is 6.07. The number of fused-ring (bicyclic) bond motifs is 1. The summed E-state index contributed by atoms with van der Waals surface area (Å²) in [6.07, 6.45) is 2.59. The summed E-state index contributed by atoms with van der Waals surface area (Å²) in [7, 11) is 0. The molecule has 4 nitrogen and oxygen atoms in total. The predicted octanol–water partition coefficient (Wildman–Crippen LogP) is 4.99. The number of furan rings is 1. The lowest BCUT2D eigenvalue weighted by Gasteiger charge is -2.10. The number of hydrogen-bond donors (Lipinski definition) is 1. The number of benzene rings is 2. The van der Waals surface area contributed by atoms with Crippen LogP contribution in [0.4, 0.5) is 0 Å². The number of carbonyl (C=O) groups is 1. The van der Waals surface area contributed by atoms with Gasteiger partial charge in [-0.1, -0.05) is 49.4 Å². The maximum absolute atomic E-state index is 12.9. The zero-order valence-electron chi connectivity index (χ0n) is 15.1. The Kier molecular flexibility index (Phi) is 4.71. The molecule has 0 spiro atoms. The molecule has 134 valence electrons. The summed E-state index contributed by atoms with van der Waals surface area (Å²) in [5.74, 6) is 0.577. The minimum Gasteiger partial charge on any atom is -0.467 e. The molecule has 0 saturated carbocycles. The fourth-order valence-electron chi connectivity index (χ4n) is 3.10. The molecule has 4 heteroatoms. The standard InChI is InChI=1S/C23H20N2O2/c1-2-16-9-11-17(12-10-16)22-14-20(19-7-3-4-8-21(19)25-22)23(26)24-15-18-6-5-13-27-18/h3-14H,2,15H2,1H3,(H,24,26). The van der Waals surface area contributed by atoms with Crippen molar-refractivity contribution in [1.82, 2.24) is 10.3 Å². The molecule has 1 N–H and O–H groups in total. The van der Waals surface area contributed by atoms with Crippen LogP contribution >= 0.6 is 0 Å². The number of aromatic nitrogens is 1. The smallest absolute Gasteiger partial charge is 0.252 e. The summed E-state index contributed by atoms with van der Waals surface area (Å²) in [4.78, 5) is 17.6. The van der Waals surface area contributed by atoms with E-state index >= 15 is 0 Å². The Labute approximate surface area is 157 Å². The quantitative estimate of drug-likeness (QED) is 0.548. The van der Waals surface area contributed by atoms with Gasteiger partial charge in [0.1, 0.15) is 5.76 Å². The summed E-state index contributed by atoms with van der Waals surface area (Å²) in [5, 5.41) is 3.77. The Morgan fingerprint density at radius 3 is 2.59 bits per heavy atom. The highest BCUT2D eigenvalue weighted by Gasteiger charge is 2.14. The number of nitrogens with one attached hydrogen (secondary N) is 1. The summed E-state index contributed by atoms with van der Waals surface area (Å²) < 4.78 is 5.30. The van der Waals surface area contributed by atoms with Crippen LogP contribution in [0.2, 0.25) is 0 Å². The zero-order chi connectivity index (χ0) is 18.6. The van der Waals surface area contributed by atoms with Gasteiger partial charge in [0.25, 0.3) is 5.91 Å². The Hall–Kier alpha value is -3.40. The van der Waals surface area contributed by atoms with Gasteiger partial charge in [-0.2, -0.15) is 0 Å². The molecule has 2 heterocycles. The number of aryl methyl sites for hydroxylation is 1. The molecule has 0 bridgehead atoms. The van der Waals surface area contributed by atoms with Crippen LogP contribution in [0.1, 0.15) is 28.6 Å². The van der Waals surface area contributed by atoms with Crippen molar-refractivity contribution in [3.05, 3.63) is 89.9 Å². The van der Waals surface area contributed by atoms with Crippen molar-refractivity contribution in [2.45, 2.75) is 19.9 Å². The first-order valence-corrected chi connectivity index (χ1v) is 9.04. The Bertz CT molecular complexity index is 1070. The van der Waals surface area contributed by atoms with Gasteiger partial charge in [0, 0.05) is 10.9 Å². The summed E-state index contributed by atoms with van der Waals surface area (Å²) >= 11 is 0. The Morgan fingerprint density at radius 2 is 1.85 bits per heavy atom. The van der Waals surface area contributed by atoms with Gasteiger partial charge in [0.15, 0.2) is 0 Å². The number of pyridine rings is 1. The van der Waals surface area contributed by atoms with Crippen molar-refractivity contribution >= 4 is 16.8 Å². The van der Waals surface area contributed by atoms with E-state index in [1.807, 2.05) is 36.4 Å². The van der Waals surface area contributed by atoms with Crippen molar-refractivity contribution in [3.63, 3.8) is 0 Å². The van der Waals surface area contributed by atoms with E-state index in [1.165, 1.54) is 5.56 Å². The van der Waals surface area contributed by atoms with Gasteiger partial charge in [-0.3, -0.25) is 4.79 Å². The van der Waals surface area contributed by atoms with E-state index in [0.29, 0.717) is 12.1 Å². The molecule has 0 unspecified atom stereocenters.